The summed E-state index contributed by atoms with van der Waals surface area (Å²) in [5.41, 5.74) is 5.21. The first-order valence-electron chi connectivity index (χ1n) is 7.21. The molecule has 2 heteroatoms. The highest BCUT2D eigenvalue weighted by Crippen LogP contribution is 2.27. The third kappa shape index (κ3) is 2.11. The number of para-hydroxylation sites is 1. The van der Waals surface area contributed by atoms with Crippen molar-refractivity contribution in [1.82, 2.24) is 0 Å². The Kier molecular flexibility index (Phi) is 3.31. The van der Waals surface area contributed by atoms with Crippen molar-refractivity contribution in [2.75, 3.05) is 5.32 Å². The van der Waals surface area contributed by atoms with Crippen molar-refractivity contribution in [3.63, 3.8) is 0 Å². The van der Waals surface area contributed by atoms with Crippen LogP contribution >= 0.6 is 0 Å². The zero-order valence-corrected chi connectivity index (χ0v) is 12.3. The summed E-state index contributed by atoms with van der Waals surface area (Å²) < 4.78 is 2.46. The van der Waals surface area contributed by atoms with E-state index in [9.17, 15) is 0 Å². The van der Waals surface area contributed by atoms with E-state index in [1.54, 1.807) is 0 Å². The van der Waals surface area contributed by atoms with E-state index in [0.717, 1.165) is 0 Å². The molecule has 0 saturated carbocycles. The molecule has 0 radical (unpaired) electrons. The maximum atomic E-state index is 3.60. The molecule has 0 fully saturated rings. The number of nitrogens with one attached hydrogen (secondary N) is 1. The minimum atomic E-state index is 0.292. The normalized spacial score (nSPS) is 19.2. The van der Waals surface area contributed by atoms with Gasteiger partial charge < -0.3 is 5.32 Å². The highest BCUT2D eigenvalue weighted by Gasteiger charge is 2.32. The van der Waals surface area contributed by atoms with Crippen molar-refractivity contribution in [3.05, 3.63) is 65.7 Å². The molecule has 1 heterocycles. The lowest BCUT2D eigenvalue weighted by Crippen LogP contribution is -2.40. The first kappa shape index (κ1) is 12.9. The molecule has 0 aromatic heterocycles. The van der Waals surface area contributed by atoms with Gasteiger partial charge in [0.05, 0.1) is 11.3 Å². The smallest absolute Gasteiger partial charge is 0.224 e. The summed E-state index contributed by atoms with van der Waals surface area (Å²) in [5.74, 6) is 0. The van der Waals surface area contributed by atoms with E-state index in [0.29, 0.717) is 12.2 Å². The molecule has 1 N–H and O–H groups in total. The highest BCUT2D eigenvalue weighted by molar-refractivity contribution is 6.01. The summed E-state index contributed by atoms with van der Waals surface area (Å²) in [5, 5.41) is 3.60. The predicted octanol–water partition coefficient (Wildman–Crippen LogP) is 4.04. The van der Waals surface area contributed by atoms with Crippen molar-refractivity contribution in [3.8, 4) is 0 Å². The second-order valence-electron chi connectivity index (χ2n) is 5.45. The van der Waals surface area contributed by atoms with Crippen LogP contribution in [0.5, 0.6) is 0 Å². The lowest BCUT2D eigenvalue weighted by atomic mass is 10.0. The molecular formula is C18H21N2+. The molecule has 2 atom stereocenters. The van der Waals surface area contributed by atoms with Crippen LogP contribution in [-0.4, -0.2) is 16.5 Å². The van der Waals surface area contributed by atoms with Gasteiger partial charge in [0, 0.05) is 26.3 Å². The maximum Gasteiger partial charge on any atom is 0.224 e. The van der Waals surface area contributed by atoms with Crippen molar-refractivity contribution >= 4 is 11.4 Å². The Morgan fingerprint density at radius 3 is 2.40 bits per heavy atom. The number of fused-ring (bicyclic) bond motifs is 1. The van der Waals surface area contributed by atoms with Crippen LogP contribution in [0.2, 0.25) is 0 Å². The molecule has 2 nitrogen and oxygen atoms in total. The lowest BCUT2D eigenvalue weighted by Gasteiger charge is -2.27. The molecule has 1 unspecified atom stereocenters. The van der Waals surface area contributed by atoms with Gasteiger partial charge in [-0.2, -0.15) is 0 Å². The zero-order chi connectivity index (χ0) is 14.1. The van der Waals surface area contributed by atoms with E-state index in [1.807, 2.05) is 0 Å². The fraction of sp³-hybridized carbons (Fsp3) is 0.278. The van der Waals surface area contributed by atoms with Crippen LogP contribution in [-0.2, 0) is 0 Å². The Morgan fingerprint density at radius 1 is 1.00 bits per heavy atom. The second kappa shape index (κ2) is 5.12. The third-order valence-electron chi connectivity index (χ3n) is 4.19. The Balaban J connectivity index is 2.08. The summed E-state index contributed by atoms with van der Waals surface area (Å²) in [6.45, 7) is 6.71. The van der Waals surface area contributed by atoms with Crippen molar-refractivity contribution in [2.45, 2.75) is 33.0 Å². The largest absolute Gasteiger partial charge is 0.328 e. The quantitative estimate of drug-likeness (QED) is 0.810. The van der Waals surface area contributed by atoms with Gasteiger partial charge in [-0.3, -0.25) is 0 Å². The Morgan fingerprint density at radius 2 is 1.65 bits per heavy atom. The van der Waals surface area contributed by atoms with E-state index in [4.69, 9.17) is 0 Å². The second-order valence-corrected chi connectivity index (χ2v) is 5.45. The van der Waals surface area contributed by atoms with Crippen LogP contribution in [0.4, 0.5) is 5.69 Å². The molecule has 3 rings (SSSR count). The van der Waals surface area contributed by atoms with Gasteiger partial charge in [-0.05, 0) is 12.1 Å². The predicted molar refractivity (Wildman–Crippen MR) is 84.4 cm³/mol. The number of hydrogen-bond acceptors (Lipinski definition) is 1. The van der Waals surface area contributed by atoms with E-state index in [1.165, 1.54) is 22.5 Å². The fourth-order valence-corrected chi connectivity index (χ4v) is 3.17. The molecule has 1 aliphatic rings. The maximum absolute atomic E-state index is 3.60. The van der Waals surface area contributed by atoms with Crippen molar-refractivity contribution in [2.24, 2.45) is 0 Å². The zero-order valence-electron chi connectivity index (χ0n) is 12.3. The Hall–Kier alpha value is -2.09. The number of rotatable bonds is 2. The lowest BCUT2D eigenvalue weighted by molar-refractivity contribution is -0.596. The summed E-state index contributed by atoms with van der Waals surface area (Å²) in [6, 6.07) is 19.6. The third-order valence-corrected chi connectivity index (χ3v) is 4.19. The Bertz CT molecular complexity index is 643. The number of benzene rings is 2. The standard InChI is InChI=1S/C18H20N2/c1-13(16-9-5-4-6-10-16)20-14(2)17-11-7-8-12-18(17)19-15(20)3/h4-13,15H,1-3H3/p+1/t13-,15?/m1/s1. The van der Waals surface area contributed by atoms with E-state index < -0.39 is 0 Å². The molecule has 1 aliphatic heterocycles. The van der Waals surface area contributed by atoms with Gasteiger partial charge in [-0.25, -0.2) is 4.58 Å². The number of anilines is 1. The van der Waals surface area contributed by atoms with Crippen molar-refractivity contribution in [1.29, 1.82) is 0 Å². The van der Waals surface area contributed by atoms with E-state index in [-0.39, 0.29) is 0 Å². The van der Waals surface area contributed by atoms with Gasteiger partial charge in [-0.15, -0.1) is 0 Å². The van der Waals surface area contributed by atoms with Crippen LogP contribution in [0.3, 0.4) is 0 Å². The summed E-state index contributed by atoms with van der Waals surface area (Å²) in [7, 11) is 0. The van der Waals surface area contributed by atoms with E-state index in [2.05, 4.69) is 85.3 Å². The SMILES string of the molecule is CC1=[N+]([C@H](C)c2ccccc2)C(C)Nc2ccccc21. The van der Waals surface area contributed by atoms with Crippen LogP contribution in [0.15, 0.2) is 54.6 Å². The molecule has 102 valence electrons. The van der Waals surface area contributed by atoms with Crippen LogP contribution in [0.1, 0.15) is 37.9 Å². The molecule has 0 spiro atoms. The number of hydrogen-bond donors (Lipinski definition) is 1. The van der Waals surface area contributed by atoms with Gasteiger partial charge in [0.1, 0.15) is 0 Å². The van der Waals surface area contributed by atoms with Gasteiger partial charge >= 0.3 is 0 Å². The van der Waals surface area contributed by atoms with Gasteiger partial charge in [0.15, 0.2) is 11.8 Å². The molecule has 0 aliphatic carbocycles. The molecule has 20 heavy (non-hydrogen) atoms. The van der Waals surface area contributed by atoms with Gasteiger partial charge in [0.2, 0.25) is 6.17 Å². The highest BCUT2D eigenvalue weighted by atomic mass is 15.2. The minimum Gasteiger partial charge on any atom is -0.328 e. The molecule has 0 bridgehead atoms. The number of nitrogens with zero attached hydrogens (tertiary/aromatic N) is 1. The van der Waals surface area contributed by atoms with Crippen LogP contribution in [0, 0.1) is 0 Å². The first-order valence-corrected chi connectivity index (χ1v) is 7.21. The first-order chi connectivity index (χ1) is 9.68. The monoisotopic (exact) mass is 265 g/mol. The fourth-order valence-electron chi connectivity index (χ4n) is 3.17. The van der Waals surface area contributed by atoms with Crippen LogP contribution in [0.25, 0.3) is 0 Å². The Labute approximate surface area is 120 Å². The molecule has 2 aromatic rings. The van der Waals surface area contributed by atoms with Gasteiger partial charge in [0.25, 0.3) is 0 Å². The molecule has 2 aromatic carbocycles. The molecular weight excluding hydrogens is 244 g/mol. The van der Waals surface area contributed by atoms with Crippen LogP contribution < -0.4 is 5.32 Å². The minimum absolute atomic E-state index is 0.292. The summed E-state index contributed by atoms with van der Waals surface area (Å²) in [4.78, 5) is 0. The average Bonchev–Trinajstić information content (AvgIpc) is 2.48. The summed E-state index contributed by atoms with van der Waals surface area (Å²) in [6.07, 6.45) is 0.292. The van der Waals surface area contributed by atoms with E-state index >= 15 is 0 Å². The topological polar surface area (TPSA) is 15.0 Å². The van der Waals surface area contributed by atoms with Crippen molar-refractivity contribution < 1.29 is 4.58 Å². The van der Waals surface area contributed by atoms with Gasteiger partial charge in [-0.1, -0.05) is 42.5 Å². The molecule has 0 amide bonds. The molecule has 0 saturated heterocycles. The summed E-state index contributed by atoms with van der Waals surface area (Å²) >= 11 is 0. The average molecular weight is 265 g/mol.